The lowest BCUT2D eigenvalue weighted by Gasteiger charge is -2.13. The Morgan fingerprint density at radius 1 is 1.05 bits per heavy atom. The molecule has 0 saturated heterocycles. The summed E-state index contributed by atoms with van der Waals surface area (Å²) in [7, 11) is 0. The first-order valence-electron chi connectivity index (χ1n) is 7.02. The van der Waals surface area contributed by atoms with Gasteiger partial charge < -0.3 is 9.30 Å². The van der Waals surface area contributed by atoms with E-state index in [1.165, 1.54) is 6.07 Å². The van der Waals surface area contributed by atoms with Crippen molar-refractivity contribution >= 4 is 10.9 Å². The Morgan fingerprint density at radius 2 is 1.77 bits per heavy atom. The smallest absolute Gasteiger partial charge is 0.255 e. The van der Waals surface area contributed by atoms with Gasteiger partial charge in [0.2, 0.25) is 0 Å². The number of rotatable bonds is 4. The second-order valence-corrected chi connectivity index (χ2v) is 4.93. The molecule has 0 atom stereocenters. The molecule has 0 aliphatic rings. The molecule has 108 valence electrons. The van der Waals surface area contributed by atoms with Crippen molar-refractivity contribution in [3.05, 3.63) is 76.6 Å². The van der Waals surface area contributed by atoms with Crippen LogP contribution in [0.25, 0.3) is 10.9 Å². The highest BCUT2D eigenvalue weighted by molar-refractivity contribution is 5.85. The summed E-state index contributed by atoms with van der Waals surface area (Å²) in [6.45, 7) is 0.668. The van der Waals surface area contributed by atoms with E-state index in [1.807, 2.05) is 54.6 Å². The Labute approximate surface area is 128 Å². The lowest BCUT2D eigenvalue weighted by atomic mass is 10.1. The molecular formula is C19H15NO2. The molecule has 0 saturated carbocycles. The van der Waals surface area contributed by atoms with Gasteiger partial charge in [0.25, 0.3) is 5.56 Å². The summed E-state index contributed by atoms with van der Waals surface area (Å²) in [5, 5.41) is 0.883. The monoisotopic (exact) mass is 289 g/mol. The molecular weight excluding hydrogens is 274 g/mol. The molecule has 0 unspecified atom stereocenters. The first-order valence-corrected chi connectivity index (χ1v) is 7.02. The zero-order valence-electron chi connectivity index (χ0n) is 12.0. The van der Waals surface area contributed by atoms with Gasteiger partial charge in [-0.2, -0.15) is 0 Å². The second kappa shape index (κ2) is 6.19. The summed E-state index contributed by atoms with van der Waals surface area (Å²) >= 11 is 0. The van der Waals surface area contributed by atoms with Crippen LogP contribution in [0.1, 0.15) is 5.56 Å². The van der Waals surface area contributed by atoms with Crippen LogP contribution >= 0.6 is 0 Å². The van der Waals surface area contributed by atoms with E-state index in [0.717, 1.165) is 16.5 Å². The van der Waals surface area contributed by atoms with Gasteiger partial charge in [-0.05, 0) is 17.7 Å². The number of fused-ring (bicyclic) bond motifs is 1. The summed E-state index contributed by atoms with van der Waals surface area (Å²) < 4.78 is 7.25. The summed E-state index contributed by atoms with van der Waals surface area (Å²) in [5.41, 5.74) is 1.81. The Morgan fingerprint density at radius 3 is 2.55 bits per heavy atom. The fraction of sp³-hybridized carbons (Fsp3) is 0.105. The molecule has 3 nitrogen and oxygen atoms in total. The van der Waals surface area contributed by atoms with Crippen LogP contribution in [0.4, 0.5) is 0 Å². The van der Waals surface area contributed by atoms with E-state index >= 15 is 0 Å². The molecule has 0 aliphatic heterocycles. The van der Waals surface area contributed by atoms with Gasteiger partial charge in [0, 0.05) is 11.5 Å². The number of terminal acetylenes is 1. The number of hydrogen-bond acceptors (Lipinski definition) is 2. The number of benzene rings is 2. The van der Waals surface area contributed by atoms with Crippen molar-refractivity contribution in [1.82, 2.24) is 4.57 Å². The summed E-state index contributed by atoms with van der Waals surface area (Å²) in [4.78, 5) is 12.5. The lowest BCUT2D eigenvalue weighted by molar-refractivity contribution is 0.373. The van der Waals surface area contributed by atoms with E-state index in [9.17, 15) is 4.79 Å². The number of pyridine rings is 1. The topological polar surface area (TPSA) is 31.2 Å². The zero-order chi connectivity index (χ0) is 15.4. The van der Waals surface area contributed by atoms with Crippen molar-refractivity contribution in [3.8, 4) is 18.1 Å². The average molecular weight is 289 g/mol. The van der Waals surface area contributed by atoms with E-state index in [1.54, 1.807) is 4.57 Å². The highest BCUT2D eigenvalue weighted by atomic mass is 16.5. The van der Waals surface area contributed by atoms with E-state index in [0.29, 0.717) is 12.3 Å². The van der Waals surface area contributed by atoms with E-state index in [4.69, 9.17) is 11.2 Å². The Kier molecular flexibility index (Phi) is 3.93. The van der Waals surface area contributed by atoms with Crippen molar-refractivity contribution in [1.29, 1.82) is 0 Å². The van der Waals surface area contributed by atoms with Crippen LogP contribution in [-0.4, -0.2) is 11.2 Å². The predicted molar refractivity (Wildman–Crippen MR) is 88.1 cm³/mol. The van der Waals surface area contributed by atoms with Crippen molar-refractivity contribution in [2.45, 2.75) is 6.54 Å². The molecule has 0 radical (unpaired) electrons. The van der Waals surface area contributed by atoms with E-state index in [-0.39, 0.29) is 12.2 Å². The third kappa shape index (κ3) is 2.72. The third-order valence-corrected chi connectivity index (χ3v) is 3.48. The van der Waals surface area contributed by atoms with Gasteiger partial charge in [-0.25, -0.2) is 0 Å². The maximum atomic E-state index is 12.5. The van der Waals surface area contributed by atoms with Gasteiger partial charge in [0.05, 0.1) is 12.1 Å². The lowest BCUT2D eigenvalue weighted by Crippen LogP contribution is -2.21. The standard InChI is InChI=1S/C19H15NO2/c1-2-12-22-18-13-19(21)20(14-15-8-4-3-5-9-15)17-11-7-6-10-16(17)18/h1,3-11,13H,12,14H2. The second-order valence-electron chi connectivity index (χ2n) is 4.93. The predicted octanol–water partition coefficient (Wildman–Crippen LogP) is 3.06. The van der Waals surface area contributed by atoms with Crippen LogP contribution in [0.15, 0.2) is 65.5 Å². The number of hydrogen-bond donors (Lipinski definition) is 0. The van der Waals surface area contributed by atoms with E-state index < -0.39 is 0 Å². The van der Waals surface area contributed by atoms with Gasteiger partial charge in [-0.3, -0.25) is 4.79 Å². The highest BCUT2D eigenvalue weighted by Gasteiger charge is 2.09. The first kappa shape index (κ1) is 14.0. The molecule has 0 fully saturated rings. The normalized spacial score (nSPS) is 10.3. The van der Waals surface area contributed by atoms with Gasteiger partial charge >= 0.3 is 0 Å². The summed E-state index contributed by atoms with van der Waals surface area (Å²) in [5.74, 6) is 2.95. The number of nitrogens with zero attached hydrogens (tertiary/aromatic N) is 1. The molecule has 3 heteroatoms. The maximum Gasteiger partial charge on any atom is 0.255 e. The Hall–Kier alpha value is -2.99. The number of para-hydroxylation sites is 1. The van der Waals surface area contributed by atoms with Gasteiger partial charge in [0.1, 0.15) is 12.4 Å². The molecule has 2 aromatic carbocycles. The first-order chi connectivity index (χ1) is 10.8. The minimum absolute atomic E-state index is 0.102. The Balaban J connectivity index is 2.13. The molecule has 0 spiro atoms. The molecule has 3 rings (SSSR count). The van der Waals surface area contributed by atoms with Crippen molar-refractivity contribution in [2.75, 3.05) is 6.61 Å². The van der Waals surface area contributed by atoms with Crippen molar-refractivity contribution < 1.29 is 4.74 Å². The van der Waals surface area contributed by atoms with Gasteiger partial charge in [-0.15, -0.1) is 6.42 Å². The maximum absolute atomic E-state index is 12.5. The number of ether oxygens (including phenoxy) is 1. The van der Waals surface area contributed by atoms with Crippen LogP contribution in [0.5, 0.6) is 5.75 Å². The van der Waals surface area contributed by atoms with Crippen LogP contribution in [0.2, 0.25) is 0 Å². The zero-order valence-corrected chi connectivity index (χ0v) is 12.0. The van der Waals surface area contributed by atoms with Gasteiger partial charge in [0.15, 0.2) is 0 Å². The largest absolute Gasteiger partial charge is 0.480 e. The molecule has 3 aromatic rings. The molecule has 0 N–H and O–H groups in total. The third-order valence-electron chi connectivity index (χ3n) is 3.48. The Bertz CT molecular complexity index is 889. The minimum Gasteiger partial charge on any atom is -0.480 e. The van der Waals surface area contributed by atoms with Crippen LogP contribution in [0, 0.1) is 12.3 Å². The molecule has 0 amide bonds. The molecule has 22 heavy (non-hydrogen) atoms. The molecule has 0 bridgehead atoms. The fourth-order valence-corrected chi connectivity index (χ4v) is 2.47. The number of aromatic nitrogens is 1. The summed E-state index contributed by atoms with van der Waals surface area (Å²) in [6.07, 6.45) is 5.23. The fourth-order valence-electron chi connectivity index (χ4n) is 2.47. The quantitative estimate of drug-likeness (QED) is 0.691. The van der Waals surface area contributed by atoms with Crippen molar-refractivity contribution in [2.24, 2.45) is 0 Å². The van der Waals surface area contributed by atoms with Crippen LogP contribution < -0.4 is 10.3 Å². The van der Waals surface area contributed by atoms with Gasteiger partial charge in [-0.1, -0.05) is 48.4 Å². The van der Waals surface area contributed by atoms with Crippen LogP contribution in [0.3, 0.4) is 0 Å². The highest BCUT2D eigenvalue weighted by Crippen LogP contribution is 2.24. The van der Waals surface area contributed by atoms with E-state index in [2.05, 4.69) is 5.92 Å². The average Bonchev–Trinajstić information content (AvgIpc) is 2.57. The molecule has 1 heterocycles. The van der Waals surface area contributed by atoms with Crippen LogP contribution in [-0.2, 0) is 6.54 Å². The molecule has 1 aromatic heterocycles. The minimum atomic E-state index is -0.102. The van der Waals surface area contributed by atoms with Crippen molar-refractivity contribution in [3.63, 3.8) is 0 Å². The molecule has 0 aliphatic carbocycles. The SMILES string of the molecule is C#CCOc1cc(=O)n(Cc2ccccc2)c2ccccc12. The summed E-state index contributed by atoms with van der Waals surface area (Å²) in [6, 6.07) is 19.1.